The smallest absolute Gasteiger partial charge is 0.872 e. The Bertz CT molecular complexity index is 652. The Morgan fingerprint density at radius 3 is 1.91 bits per heavy atom. The molecule has 0 aromatic heterocycles. The van der Waals surface area contributed by atoms with Crippen molar-refractivity contribution in [2.24, 2.45) is 4.99 Å². The van der Waals surface area contributed by atoms with Gasteiger partial charge in [0.2, 0.25) is 0 Å². The number of aliphatic imine (C=N–C) groups is 1. The Kier molecular flexibility index (Phi) is 6.48. The summed E-state index contributed by atoms with van der Waals surface area (Å²) in [4.78, 5) is 3.51. The largest absolute Gasteiger partial charge is 1.00 e. The molecule has 22 heavy (non-hydrogen) atoms. The molecule has 2 rings (SSSR count). The molecule has 0 heterocycles. The fraction of sp³-hybridized carbons (Fsp3) is 0.0625. The topological polar surface area (TPSA) is 35.4 Å². The summed E-state index contributed by atoms with van der Waals surface area (Å²) in [5.41, 5.74) is -0.896. The van der Waals surface area contributed by atoms with E-state index in [9.17, 15) is 18.3 Å². The first kappa shape index (κ1) is 18.1. The zero-order valence-electron chi connectivity index (χ0n) is 11.8. The maximum atomic E-state index is 13.0. The van der Waals surface area contributed by atoms with Crippen molar-refractivity contribution in [2.75, 3.05) is 0 Å². The number of alkyl halides is 3. The summed E-state index contributed by atoms with van der Waals surface area (Å²) in [6.07, 6.45) is -4.18. The van der Waals surface area contributed by atoms with E-state index < -0.39 is 17.6 Å². The predicted octanol–water partition coefficient (Wildman–Crippen LogP) is 0.727. The second kappa shape index (κ2) is 7.88. The van der Waals surface area contributed by atoms with Crippen LogP contribution in [0.2, 0.25) is 0 Å². The van der Waals surface area contributed by atoms with E-state index in [1.807, 2.05) is 0 Å². The van der Waals surface area contributed by atoms with Gasteiger partial charge in [0.15, 0.2) is 0 Å². The fourth-order valence-electron chi connectivity index (χ4n) is 1.63. The maximum Gasteiger partial charge on any atom is 1.00 e. The van der Waals surface area contributed by atoms with Gasteiger partial charge in [-0.05, 0) is 23.8 Å². The van der Waals surface area contributed by atoms with Crippen molar-refractivity contribution >= 4 is 17.2 Å². The van der Waals surface area contributed by atoms with Crippen LogP contribution >= 0.6 is 0 Å². The molecular weight excluding hydrogens is 286 g/mol. The summed E-state index contributed by atoms with van der Waals surface area (Å²) in [6.45, 7) is 0. The van der Waals surface area contributed by atoms with Crippen molar-refractivity contribution in [3.05, 3.63) is 72.3 Å². The molecule has 108 valence electrons. The average molecular weight is 297 g/mol. The van der Waals surface area contributed by atoms with Gasteiger partial charge in [-0.3, -0.25) is 0 Å². The molecule has 6 heteroatoms. The van der Waals surface area contributed by atoms with Gasteiger partial charge in [-0.2, -0.15) is 13.2 Å². The standard InChI is InChI=1S/C16H12F3NO.Li/c17-16(18,19)15(20-13-9-5-2-6-10-13)11-14(21)12-7-3-1-4-8-12;/h1-11,21H;/q;+1/p-1/b14-11-,20-15?;. The van der Waals surface area contributed by atoms with Crippen molar-refractivity contribution in [2.45, 2.75) is 6.18 Å². The number of rotatable bonds is 3. The van der Waals surface area contributed by atoms with Gasteiger partial charge in [-0.15, -0.1) is 0 Å². The van der Waals surface area contributed by atoms with Crippen molar-refractivity contribution in [1.82, 2.24) is 0 Å². The molecule has 0 bridgehead atoms. The van der Waals surface area contributed by atoms with E-state index in [2.05, 4.69) is 4.99 Å². The minimum absolute atomic E-state index is 0. The molecule has 0 radical (unpaired) electrons. The first-order valence-electron chi connectivity index (χ1n) is 6.12. The van der Waals surface area contributed by atoms with E-state index in [1.54, 1.807) is 36.4 Å². The molecule has 0 aliphatic heterocycles. The van der Waals surface area contributed by atoms with Crippen LogP contribution in [0, 0.1) is 0 Å². The Morgan fingerprint density at radius 2 is 1.41 bits per heavy atom. The van der Waals surface area contributed by atoms with Crippen LogP contribution in [0.5, 0.6) is 0 Å². The molecule has 0 saturated carbocycles. The van der Waals surface area contributed by atoms with Crippen LogP contribution in [0.1, 0.15) is 5.56 Å². The van der Waals surface area contributed by atoms with Crippen molar-refractivity contribution < 1.29 is 37.1 Å². The fourth-order valence-corrected chi connectivity index (χ4v) is 1.63. The predicted molar refractivity (Wildman–Crippen MR) is 74.0 cm³/mol. The molecule has 2 nitrogen and oxygen atoms in total. The van der Waals surface area contributed by atoms with Gasteiger partial charge in [0.05, 0.1) is 5.69 Å². The normalized spacial score (nSPS) is 12.7. The molecule has 0 fully saturated rings. The van der Waals surface area contributed by atoms with Gasteiger partial charge in [0, 0.05) is 0 Å². The summed E-state index contributed by atoms with van der Waals surface area (Å²) in [7, 11) is 0. The zero-order valence-corrected chi connectivity index (χ0v) is 11.8. The van der Waals surface area contributed by atoms with E-state index in [0.717, 1.165) is 0 Å². The number of halogens is 3. The van der Waals surface area contributed by atoms with Crippen LogP contribution in [0.15, 0.2) is 71.7 Å². The van der Waals surface area contributed by atoms with E-state index in [1.165, 1.54) is 24.3 Å². The Labute approximate surface area is 138 Å². The molecule has 2 aromatic carbocycles. The first-order valence-corrected chi connectivity index (χ1v) is 6.12. The zero-order chi connectivity index (χ0) is 15.3. The van der Waals surface area contributed by atoms with Crippen LogP contribution in [-0.2, 0) is 0 Å². The van der Waals surface area contributed by atoms with Crippen molar-refractivity contribution in [1.29, 1.82) is 0 Å². The van der Waals surface area contributed by atoms with Gasteiger partial charge in [-0.1, -0.05) is 54.3 Å². The first-order chi connectivity index (χ1) is 9.97. The molecular formula is C16H11F3LiNO. The van der Waals surface area contributed by atoms with Gasteiger partial charge in [0.25, 0.3) is 0 Å². The average Bonchev–Trinajstić information content (AvgIpc) is 2.47. The third kappa shape index (κ3) is 5.10. The monoisotopic (exact) mass is 297 g/mol. The van der Waals surface area contributed by atoms with Crippen LogP contribution in [0.4, 0.5) is 18.9 Å². The van der Waals surface area contributed by atoms with Gasteiger partial charge in [-0.25, -0.2) is 4.99 Å². The quantitative estimate of drug-likeness (QED) is 0.467. The van der Waals surface area contributed by atoms with Gasteiger partial charge >= 0.3 is 25.0 Å². The van der Waals surface area contributed by atoms with Crippen LogP contribution in [0.3, 0.4) is 0 Å². The maximum absolute atomic E-state index is 13.0. The minimum Gasteiger partial charge on any atom is -0.872 e. The molecule has 0 aliphatic rings. The SMILES string of the molecule is [Li+].[O-]/C(=C\C(=Nc1ccccc1)C(F)(F)F)c1ccccc1. The number of para-hydroxylation sites is 1. The Hall–Kier alpha value is -1.96. The number of benzene rings is 2. The summed E-state index contributed by atoms with van der Waals surface area (Å²) in [6, 6.07) is 15.5. The summed E-state index contributed by atoms with van der Waals surface area (Å²) in [5.74, 6) is -0.734. The van der Waals surface area contributed by atoms with Crippen LogP contribution < -0.4 is 24.0 Å². The summed E-state index contributed by atoms with van der Waals surface area (Å²) in [5, 5.41) is 11.9. The molecule has 0 N–H and O–H groups in total. The summed E-state index contributed by atoms with van der Waals surface area (Å²) < 4.78 is 38.9. The number of hydrogen-bond donors (Lipinski definition) is 0. The number of allylic oxidation sites excluding steroid dienone is 1. The molecule has 0 amide bonds. The summed E-state index contributed by atoms with van der Waals surface area (Å²) >= 11 is 0. The molecule has 2 aromatic rings. The van der Waals surface area contributed by atoms with Gasteiger partial charge < -0.3 is 5.11 Å². The molecule has 0 saturated heterocycles. The van der Waals surface area contributed by atoms with E-state index in [0.29, 0.717) is 6.08 Å². The van der Waals surface area contributed by atoms with Crippen LogP contribution in [0.25, 0.3) is 5.76 Å². The Balaban J connectivity index is 0.00000242. The second-order valence-electron chi connectivity index (χ2n) is 4.20. The van der Waals surface area contributed by atoms with Crippen molar-refractivity contribution in [3.63, 3.8) is 0 Å². The van der Waals surface area contributed by atoms with E-state index >= 15 is 0 Å². The Morgan fingerprint density at radius 1 is 0.909 bits per heavy atom. The van der Waals surface area contributed by atoms with Gasteiger partial charge in [0.1, 0.15) is 5.71 Å². The number of hydrogen-bond acceptors (Lipinski definition) is 2. The molecule has 0 atom stereocenters. The van der Waals surface area contributed by atoms with Crippen molar-refractivity contribution in [3.8, 4) is 0 Å². The minimum atomic E-state index is -4.69. The van der Waals surface area contributed by atoms with E-state index in [-0.39, 0.29) is 30.1 Å². The molecule has 0 spiro atoms. The van der Waals surface area contributed by atoms with Crippen LogP contribution in [-0.4, -0.2) is 11.9 Å². The number of nitrogens with zero attached hydrogens (tertiary/aromatic N) is 1. The third-order valence-corrected chi connectivity index (χ3v) is 2.62. The molecule has 0 aliphatic carbocycles. The second-order valence-corrected chi connectivity index (χ2v) is 4.20. The third-order valence-electron chi connectivity index (χ3n) is 2.62. The van der Waals surface area contributed by atoms with E-state index in [4.69, 9.17) is 0 Å². The molecule has 0 unspecified atom stereocenters.